The number of halogens is 1. The molecule has 1 aliphatic rings. The van der Waals surface area contributed by atoms with Crippen LogP contribution in [0.2, 0.25) is 5.02 Å². The average molecular weight is 511 g/mol. The number of amides is 1. The third kappa shape index (κ3) is 6.24. The van der Waals surface area contributed by atoms with Gasteiger partial charge in [0.05, 0.1) is 22.7 Å². The quantitative estimate of drug-likeness (QED) is 0.383. The van der Waals surface area contributed by atoms with E-state index in [1.165, 1.54) is 23.6 Å². The molecule has 0 radical (unpaired) electrons. The fourth-order valence-corrected chi connectivity index (χ4v) is 6.10. The maximum atomic E-state index is 13.9. The van der Waals surface area contributed by atoms with Gasteiger partial charge in [0, 0.05) is 11.6 Å². The van der Waals surface area contributed by atoms with E-state index >= 15 is 0 Å². The van der Waals surface area contributed by atoms with Gasteiger partial charge in [0.1, 0.15) is 0 Å². The first-order valence-corrected chi connectivity index (χ1v) is 13.9. The normalized spacial score (nSPS) is 14.5. The second kappa shape index (κ2) is 11.3. The highest BCUT2D eigenvalue weighted by atomic mass is 35.5. The van der Waals surface area contributed by atoms with Gasteiger partial charge in [0.15, 0.2) is 0 Å². The van der Waals surface area contributed by atoms with Gasteiger partial charge >= 0.3 is 0 Å². The zero-order valence-corrected chi connectivity index (χ0v) is 21.5. The molecule has 0 saturated heterocycles. The monoisotopic (exact) mass is 510 g/mol. The number of carbonyl (C=O) groups excluding carboxylic acids is 1. The summed E-state index contributed by atoms with van der Waals surface area (Å²) in [5, 5.41) is 3.63. The number of benzene rings is 3. The average Bonchev–Trinajstić information content (AvgIpc) is 2.88. The zero-order valence-electron chi connectivity index (χ0n) is 19.9. The lowest BCUT2D eigenvalue weighted by atomic mass is 9.89. The molecule has 1 amide bonds. The van der Waals surface area contributed by atoms with Crippen molar-refractivity contribution in [1.82, 2.24) is 5.32 Å². The Morgan fingerprint density at radius 1 is 0.943 bits per heavy atom. The molecule has 0 aromatic heterocycles. The second-order valence-electron chi connectivity index (χ2n) is 9.18. The Hall–Kier alpha value is -2.83. The molecule has 0 heterocycles. The van der Waals surface area contributed by atoms with Crippen molar-refractivity contribution in [3.8, 4) is 0 Å². The van der Waals surface area contributed by atoms with Crippen molar-refractivity contribution in [1.29, 1.82) is 0 Å². The molecule has 184 valence electrons. The molecular formula is C28H31ClN2O3S. The number of carbonyl (C=O) groups is 1. The largest absolute Gasteiger partial charge is 0.352 e. The van der Waals surface area contributed by atoms with Gasteiger partial charge in [-0.25, -0.2) is 8.42 Å². The number of nitrogens with one attached hydrogen (secondary N) is 1. The van der Waals surface area contributed by atoms with Gasteiger partial charge in [-0.1, -0.05) is 72.8 Å². The van der Waals surface area contributed by atoms with E-state index in [4.69, 9.17) is 11.6 Å². The zero-order chi connectivity index (χ0) is 24.8. The van der Waals surface area contributed by atoms with E-state index < -0.39 is 10.0 Å². The molecule has 3 aromatic carbocycles. The minimum absolute atomic E-state index is 0.0697. The number of nitrogens with zero attached hydrogens (tertiary/aromatic N) is 1. The summed E-state index contributed by atoms with van der Waals surface area (Å²) in [5.41, 5.74) is 2.43. The standard InChI is InChI=1S/C28H31ClN2O3S/c1-21-11-17-25(18-12-21)35(33,34)31(20-23-13-15-24(29)16-14-23)27-10-6-5-9-26(27)28(32)30-19-22-7-3-2-4-8-22/h5-6,9-18,22H,2-4,7-8,19-20H2,1H3,(H,30,32). The summed E-state index contributed by atoms with van der Waals surface area (Å²) < 4.78 is 29.0. The molecule has 1 saturated carbocycles. The lowest BCUT2D eigenvalue weighted by molar-refractivity contribution is 0.0944. The van der Waals surface area contributed by atoms with Crippen LogP contribution in [0.3, 0.4) is 0 Å². The van der Waals surface area contributed by atoms with Gasteiger partial charge in [-0.15, -0.1) is 0 Å². The van der Waals surface area contributed by atoms with E-state index in [1.54, 1.807) is 72.8 Å². The maximum Gasteiger partial charge on any atom is 0.264 e. The number of rotatable bonds is 8. The van der Waals surface area contributed by atoms with Crippen LogP contribution in [-0.2, 0) is 16.6 Å². The molecule has 5 nitrogen and oxygen atoms in total. The Morgan fingerprint density at radius 3 is 2.29 bits per heavy atom. The van der Waals surface area contributed by atoms with Crippen LogP contribution in [0.4, 0.5) is 5.69 Å². The van der Waals surface area contributed by atoms with E-state index in [1.807, 2.05) is 6.92 Å². The van der Waals surface area contributed by atoms with Crippen molar-refractivity contribution < 1.29 is 13.2 Å². The highest BCUT2D eigenvalue weighted by Gasteiger charge is 2.29. The molecule has 1 aliphatic carbocycles. The lowest BCUT2D eigenvalue weighted by Gasteiger charge is -2.27. The Labute approximate surface area is 213 Å². The SMILES string of the molecule is Cc1ccc(S(=O)(=O)N(Cc2ccc(Cl)cc2)c2ccccc2C(=O)NCC2CCCCC2)cc1. The van der Waals surface area contributed by atoms with Gasteiger partial charge < -0.3 is 5.32 Å². The second-order valence-corrected chi connectivity index (χ2v) is 11.5. The summed E-state index contributed by atoms with van der Waals surface area (Å²) in [6.45, 7) is 2.59. The van der Waals surface area contributed by atoms with Crippen LogP contribution in [0.5, 0.6) is 0 Å². The number of hydrogen-bond donors (Lipinski definition) is 1. The van der Waals surface area contributed by atoms with E-state index in [-0.39, 0.29) is 17.3 Å². The topological polar surface area (TPSA) is 66.5 Å². The Balaban J connectivity index is 1.69. The molecule has 0 bridgehead atoms. The van der Waals surface area contributed by atoms with Crippen LogP contribution in [0.1, 0.15) is 53.6 Å². The summed E-state index contributed by atoms with van der Waals surface area (Å²) >= 11 is 6.05. The smallest absolute Gasteiger partial charge is 0.264 e. The van der Waals surface area contributed by atoms with Crippen LogP contribution < -0.4 is 9.62 Å². The van der Waals surface area contributed by atoms with Crippen molar-refractivity contribution in [2.24, 2.45) is 5.92 Å². The molecule has 0 unspecified atom stereocenters. The molecule has 4 rings (SSSR count). The van der Waals surface area contributed by atoms with Crippen LogP contribution in [0.25, 0.3) is 0 Å². The number of anilines is 1. The lowest BCUT2D eigenvalue weighted by Crippen LogP contribution is -2.35. The molecule has 35 heavy (non-hydrogen) atoms. The number of sulfonamides is 1. The third-order valence-electron chi connectivity index (χ3n) is 6.54. The highest BCUT2D eigenvalue weighted by molar-refractivity contribution is 7.92. The van der Waals surface area contributed by atoms with Gasteiger partial charge in [0.25, 0.3) is 15.9 Å². The van der Waals surface area contributed by atoms with Crippen LogP contribution in [0, 0.1) is 12.8 Å². The predicted molar refractivity (Wildman–Crippen MR) is 141 cm³/mol. The molecular weight excluding hydrogens is 480 g/mol. The maximum absolute atomic E-state index is 13.9. The van der Waals surface area contributed by atoms with Crippen molar-refractivity contribution in [2.75, 3.05) is 10.8 Å². The van der Waals surface area contributed by atoms with Crippen molar-refractivity contribution >= 4 is 33.2 Å². The van der Waals surface area contributed by atoms with Gasteiger partial charge in [-0.05, 0) is 67.6 Å². The third-order valence-corrected chi connectivity index (χ3v) is 8.57. The highest BCUT2D eigenvalue weighted by Crippen LogP contribution is 2.30. The van der Waals surface area contributed by atoms with Crippen molar-refractivity contribution in [3.05, 3.63) is 94.5 Å². The van der Waals surface area contributed by atoms with Gasteiger partial charge in [-0.2, -0.15) is 0 Å². The van der Waals surface area contributed by atoms with Crippen molar-refractivity contribution in [2.45, 2.75) is 50.5 Å². The van der Waals surface area contributed by atoms with Crippen molar-refractivity contribution in [3.63, 3.8) is 0 Å². The summed E-state index contributed by atoms with van der Waals surface area (Å²) in [6, 6.07) is 20.7. The van der Waals surface area contributed by atoms with Crippen LogP contribution in [0.15, 0.2) is 77.7 Å². The summed E-state index contributed by atoms with van der Waals surface area (Å²) in [4.78, 5) is 13.4. The molecule has 1 fully saturated rings. The molecule has 0 spiro atoms. The van der Waals surface area contributed by atoms with Crippen LogP contribution >= 0.6 is 11.6 Å². The molecule has 0 aliphatic heterocycles. The number of para-hydroxylation sites is 1. The predicted octanol–water partition coefficient (Wildman–Crippen LogP) is 6.35. The fraction of sp³-hybridized carbons (Fsp3) is 0.321. The minimum atomic E-state index is -3.95. The molecule has 0 atom stereocenters. The first-order valence-electron chi connectivity index (χ1n) is 12.1. The van der Waals surface area contributed by atoms with E-state index in [0.29, 0.717) is 28.7 Å². The Kier molecular flexibility index (Phi) is 8.14. The Morgan fingerprint density at radius 2 is 1.60 bits per heavy atom. The fourth-order valence-electron chi connectivity index (χ4n) is 4.50. The molecule has 3 aromatic rings. The summed E-state index contributed by atoms with van der Waals surface area (Å²) in [5.74, 6) is 0.215. The summed E-state index contributed by atoms with van der Waals surface area (Å²) in [6.07, 6.45) is 5.88. The molecule has 7 heteroatoms. The Bertz CT molecular complexity index is 1250. The number of aryl methyl sites for hydroxylation is 1. The van der Waals surface area contributed by atoms with E-state index in [9.17, 15) is 13.2 Å². The van der Waals surface area contributed by atoms with Gasteiger partial charge in [-0.3, -0.25) is 9.10 Å². The minimum Gasteiger partial charge on any atom is -0.352 e. The first kappa shape index (κ1) is 25.3. The number of hydrogen-bond acceptors (Lipinski definition) is 3. The van der Waals surface area contributed by atoms with E-state index in [0.717, 1.165) is 24.0 Å². The van der Waals surface area contributed by atoms with Crippen LogP contribution in [-0.4, -0.2) is 20.9 Å². The summed E-state index contributed by atoms with van der Waals surface area (Å²) in [7, 11) is -3.95. The van der Waals surface area contributed by atoms with Gasteiger partial charge in [0.2, 0.25) is 0 Å². The first-order chi connectivity index (χ1) is 16.8. The molecule has 1 N–H and O–H groups in total. The van der Waals surface area contributed by atoms with E-state index in [2.05, 4.69) is 5.32 Å².